The van der Waals surface area contributed by atoms with Crippen molar-refractivity contribution in [3.05, 3.63) is 18.0 Å². The number of amides is 1. The lowest BCUT2D eigenvalue weighted by Crippen LogP contribution is -2.37. The van der Waals surface area contributed by atoms with Gasteiger partial charge in [-0.25, -0.2) is 0 Å². The molecule has 1 aromatic rings. The van der Waals surface area contributed by atoms with Gasteiger partial charge >= 0.3 is 0 Å². The van der Waals surface area contributed by atoms with Crippen molar-refractivity contribution in [1.29, 1.82) is 0 Å². The van der Waals surface area contributed by atoms with Gasteiger partial charge in [0.15, 0.2) is 5.79 Å². The lowest BCUT2D eigenvalue weighted by Gasteiger charge is -2.31. The molecule has 1 aromatic heterocycles. The molecule has 6 nitrogen and oxygen atoms in total. The standard InChI is InChI=1S/C13H18N2O4/c16-12(11-4-7-15-19-11)14-8-10-9-17-13(18-10)5-2-1-3-6-13/h4,7,10H,1-3,5-6,8-9H2,(H,14,16). The minimum atomic E-state index is -0.389. The highest BCUT2D eigenvalue weighted by molar-refractivity contribution is 5.91. The van der Waals surface area contributed by atoms with Gasteiger partial charge in [0.05, 0.1) is 12.8 Å². The van der Waals surface area contributed by atoms with Crippen molar-refractivity contribution in [3.63, 3.8) is 0 Å². The van der Waals surface area contributed by atoms with Crippen LogP contribution in [0.4, 0.5) is 0 Å². The number of rotatable bonds is 3. The second-order valence-electron chi connectivity index (χ2n) is 5.11. The van der Waals surface area contributed by atoms with Crippen molar-refractivity contribution >= 4 is 5.91 Å². The zero-order valence-corrected chi connectivity index (χ0v) is 10.8. The summed E-state index contributed by atoms with van der Waals surface area (Å²) in [5.41, 5.74) is 0. The van der Waals surface area contributed by atoms with Crippen molar-refractivity contribution in [2.75, 3.05) is 13.2 Å². The third kappa shape index (κ3) is 2.79. The first-order valence-corrected chi connectivity index (χ1v) is 6.78. The Bertz CT molecular complexity index is 426. The first-order chi connectivity index (χ1) is 9.27. The fourth-order valence-corrected chi connectivity index (χ4v) is 2.70. The molecule has 2 aliphatic rings. The molecule has 1 unspecified atom stereocenters. The average molecular weight is 266 g/mol. The predicted octanol–water partition coefficient (Wildman–Crippen LogP) is 1.48. The summed E-state index contributed by atoms with van der Waals surface area (Å²) >= 11 is 0. The molecule has 3 rings (SSSR count). The van der Waals surface area contributed by atoms with Gasteiger partial charge in [0, 0.05) is 25.5 Å². The van der Waals surface area contributed by atoms with Crippen molar-refractivity contribution in [2.45, 2.75) is 44.0 Å². The normalized spacial score (nSPS) is 25.6. The number of hydrogen-bond donors (Lipinski definition) is 1. The largest absolute Gasteiger partial charge is 0.351 e. The molecule has 2 heterocycles. The Hall–Kier alpha value is -1.40. The van der Waals surface area contributed by atoms with Crippen LogP contribution in [0.1, 0.15) is 42.7 Å². The van der Waals surface area contributed by atoms with Crippen LogP contribution < -0.4 is 5.32 Å². The molecule has 0 radical (unpaired) electrons. The quantitative estimate of drug-likeness (QED) is 0.897. The van der Waals surface area contributed by atoms with Gasteiger partial charge < -0.3 is 19.3 Å². The zero-order chi connectivity index (χ0) is 13.1. The molecule has 6 heteroatoms. The van der Waals surface area contributed by atoms with Crippen molar-refractivity contribution in [3.8, 4) is 0 Å². The van der Waals surface area contributed by atoms with E-state index in [2.05, 4.69) is 10.5 Å². The predicted molar refractivity (Wildman–Crippen MR) is 65.5 cm³/mol. The van der Waals surface area contributed by atoms with E-state index in [1.165, 1.54) is 18.7 Å². The Morgan fingerprint density at radius 1 is 1.42 bits per heavy atom. The number of carbonyl (C=O) groups is 1. The van der Waals surface area contributed by atoms with Gasteiger partial charge in [-0.05, 0) is 12.8 Å². The first kappa shape index (κ1) is 12.6. The number of hydrogen-bond acceptors (Lipinski definition) is 5. The van der Waals surface area contributed by atoms with Crippen LogP contribution in [-0.4, -0.2) is 36.1 Å². The third-order valence-electron chi connectivity index (χ3n) is 3.68. The zero-order valence-electron chi connectivity index (χ0n) is 10.8. The number of aromatic nitrogens is 1. The molecule has 1 saturated carbocycles. The summed E-state index contributed by atoms with van der Waals surface area (Å²) in [5, 5.41) is 6.27. The van der Waals surface area contributed by atoms with E-state index in [4.69, 9.17) is 14.0 Å². The van der Waals surface area contributed by atoms with Crippen LogP contribution in [0, 0.1) is 0 Å². The monoisotopic (exact) mass is 266 g/mol. The molecule has 1 aliphatic carbocycles. The van der Waals surface area contributed by atoms with Gasteiger partial charge in [0.2, 0.25) is 5.76 Å². The number of ether oxygens (including phenoxy) is 2. The Labute approximate surface area is 111 Å². The highest BCUT2D eigenvalue weighted by Gasteiger charge is 2.42. The molecular formula is C13H18N2O4. The molecule has 1 aliphatic heterocycles. The smallest absolute Gasteiger partial charge is 0.289 e. The lowest BCUT2D eigenvalue weighted by molar-refractivity contribution is -0.186. The summed E-state index contributed by atoms with van der Waals surface area (Å²) in [7, 11) is 0. The van der Waals surface area contributed by atoms with E-state index in [1.54, 1.807) is 0 Å². The van der Waals surface area contributed by atoms with Crippen molar-refractivity contribution in [2.24, 2.45) is 0 Å². The highest BCUT2D eigenvalue weighted by Crippen LogP contribution is 2.37. The Balaban J connectivity index is 1.48. The summed E-state index contributed by atoms with van der Waals surface area (Å²) in [6.07, 6.45) is 6.83. The van der Waals surface area contributed by atoms with Crippen LogP contribution in [0.15, 0.2) is 16.8 Å². The number of nitrogens with zero attached hydrogens (tertiary/aromatic N) is 1. The van der Waals surface area contributed by atoms with Gasteiger partial charge in [0.1, 0.15) is 6.10 Å². The topological polar surface area (TPSA) is 73.6 Å². The Kier molecular flexibility index (Phi) is 3.52. The van der Waals surface area contributed by atoms with Gasteiger partial charge in [-0.3, -0.25) is 4.79 Å². The van der Waals surface area contributed by atoms with Crippen LogP contribution in [-0.2, 0) is 9.47 Å². The summed E-state index contributed by atoms with van der Waals surface area (Å²) < 4.78 is 16.6. The minimum absolute atomic E-state index is 0.0787. The molecule has 0 aromatic carbocycles. The second-order valence-corrected chi connectivity index (χ2v) is 5.11. The second kappa shape index (κ2) is 5.30. The van der Waals surface area contributed by atoms with Crippen LogP contribution in [0.3, 0.4) is 0 Å². The van der Waals surface area contributed by atoms with E-state index in [0.717, 1.165) is 25.7 Å². The van der Waals surface area contributed by atoms with Crippen LogP contribution in [0.5, 0.6) is 0 Å². The van der Waals surface area contributed by atoms with Gasteiger partial charge in [0.25, 0.3) is 5.91 Å². The molecule has 2 fully saturated rings. The molecule has 1 spiro atoms. The Morgan fingerprint density at radius 3 is 3.00 bits per heavy atom. The Morgan fingerprint density at radius 2 is 2.26 bits per heavy atom. The first-order valence-electron chi connectivity index (χ1n) is 6.78. The van der Waals surface area contributed by atoms with Crippen LogP contribution >= 0.6 is 0 Å². The van der Waals surface area contributed by atoms with E-state index in [0.29, 0.717) is 13.2 Å². The van der Waals surface area contributed by atoms with E-state index >= 15 is 0 Å². The maximum atomic E-state index is 11.7. The number of nitrogens with one attached hydrogen (secondary N) is 1. The SMILES string of the molecule is O=C(NCC1COC2(CCCCC2)O1)c1ccno1. The van der Waals surface area contributed by atoms with E-state index in [-0.39, 0.29) is 23.6 Å². The maximum absolute atomic E-state index is 11.7. The lowest BCUT2D eigenvalue weighted by atomic mass is 9.94. The van der Waals surface area contributed by atoms with Gasteiger partial charge in [-0.2, -0.15) is 0 Å². The summed E-state index contributed by atoms with van der Waals surface area (Å²) in [4.78, 5) is 11.7. The third-order valence-corrected chi connectivity index (χ3v) is 3.68. The average Bonchev–Trinajstić information content (AvgIpc) is 3.08. The molecule has 1 N–H and O–H groups in total. The van der Waals surface area contributed by atoms with E-state index < -0.39 is 0 Å². The molecule has 1 saturated heterocycles. The molecule has 0 bridgehead atoms. The summed E-state index contributed by atoms with van der Waals surface area (Å²) in [6.45, 7) is 0.970. The van der Waals surface area contributed by atoms with Gasteiger partial charge in [-0.15, -0.1) is 0 Å². The molecule has 104 valence electrons. The molecule has 1 atom stereocenters. The number of carbonyl (C=O) groups excluding carboxylic acids is 1. The summed E-state index contributed by atoms with van der Waals surface area (Å²) in [6, 6.07) is 1.53. The van der Waals surface area contributed by atoms with Crippen molar-refractivity contribution < 1.29 is 18.8 Å². The fraction of sp³-hybridized carbons (Fsp3) is 0.692. The van der Waals surface area contributed by atoms with Crippen molar-refractivity contribution in [1.82, 2.24) is 10.5 Å². The highest BCUT2D eigenvalue weighted by atomic mass is 16.7. The van der Waals surface area contributed by atoms with Crippen LogP contribution in [0.2, 0.25) is 0 Å². The molecular weight excluding hydrogens is 248 g/mol. The minimum Gasteiger partial charge on any atom is -0.351 e. The van der Waals surface area contributed by atoms with Gasteiger partial charge in [-0.1, -0.05) is 11.6 Å². The van der Waals surface area contributed by atoms with Crippen LogP contribution in [0.25, 0.3) is 0 Å². The molecule has 19 heavy (non-hydrogen) atoms. The summed E-state index contributed by atoms with van der Waals surface area (Å²) in [5.74, 6) is -0.447. The van der Waals surface area contributed by atoms with E-state index in [1.807, 2.05) is 0 Å². The fourth-order valence-electron chi connectivity index (χ4n) is 2.70. The maximum Gasteiger partial charge on any atom is 0.289 e. The van der Waals surface area contributed by atoms with E-state index in [9.17, 15) is 4.79 Å². The molecule has 1 amide bonds.